The Labute approximate surface area is 114 Å². The summed E-state index contributed by atoms with van der Waals surface area (Å²) < 4.78 is 0. The van der Waals surface area contributed by atoms with E-state index in [-0.39, 0.29) is 0 Å². The molecule has 2 rings (SSSR count). The van der Waals surface area contributed by atoms with Crippen LogP contribution in [0.5, 0.6) is 0 Å². The monoisotopic (exact) mass is 252 g/mol. The minimum Gasteiger partial charge on any atom is -0.316 e. The van der Waals surface area contributed by atoms with Crippen LogP contribution in [0.25, 0.3) is 0 Å². The summed E-state index contributed by atoms with van der Waals surface area (Å²) in [4.78, 5) is 2.74. The zero-order valence-corrected chi connectivity index (χ0v) is 12.5. The molecule has 1 atom stereocenters. The third-order valence-corrected chi connectivity index (χ3v) is 4.91. The number of hydrogen-bond donors (Lipinski definition) is 1. The van der Waals surface area contributed by atoms with Gasteiger partial charge in [-0.15, -0.1) is 0 Å². The Morgan fingerprint density at radius 1 is 1.22 bits per heavy atom. The van der Waals surface area contributed by atoms with E-state index in [1.54, 1.807) is 0 Å². The van der Waals surface area contributed by atoms with Gasteiger partial charge in [0.25, 0.3) is 0 Å². The van der Waals surface area contributed by atoms with Crippen LogP contribution < -0.4 is 5.32 Å². The lowest BCUT2D eigenvalue weighted by molar-refractivity contribution is 0.115. The highest BCUT2D eigenvalue weighted by Gasteiger charge is 2.34. The predicted octanol–water partition coefficient (Wildman–Crippen LogP) is 3.28. The SMILES string of the molecule is CCCNCC1(CN2CCC(C)C2)CCCCC1. The van der Waals surface area contributed by atoms with Gasteiger partial charge in [0.05, 0.1) is 0 Å². The number of hydrogen-bond acceptors (Lipinski definition) is 2. The molecule has 18 heavy (non-hydrogen) atoms. The van der Waals surface area contributed by atoms with Crippen molar-refractivity contribution in [1.82, 2.24) is 10.2 Å². The number of nitrogens with zero attached hydrogens (tertiary/aromatic N) is 1. The summed E-state index contributed by atoms with van der Waals surface area (Å²) in [5, 5.41) is 3.70. The lowest BCUT2D eigenvalue weighted by atomic mass is 9.73. The molecule has 0 spiro atoms. The molecule has 2 aliphatic rings. The van der Waals surface area contributed by atoms with Gasteiger partial charge < -0.3 is 10.2 Å². The first-order chi connectivity index (χ1) is 8.74. The maximum absolute atomic E-state index is 3.70. The van der Waals surface area contributed by atoms with Gasteiger partial charge in [-0.2, -0.15) is 0 Å². The highest BCUT2D eigenvalue weighted by atomic mass is 15.2. The fourth-order valence-corrected chi connectivity index (χ4v) is 3.87. The topological polar surface area (TPSA) is 15.3 Å². The van der Waals surface area contributed by atoms with Crippen LogP contribution in [0, 0.1) is 11.3 Å². The summed E-state index contributed by atoms with van der Waals surface area (Å²) in [6, 6.07) is 0. The Morgan fingerprint density at radius 2 is 2.00 bits per heavy atom. The van der Waals surface area contributed by atoms with Crippen molar-refractivity contribution in [2.75, 3.05) is 32.7 Å². The smallest absolute Gasteiger partial charge is 0.00503 e. The molecule has 0 amide bonds. The van der Waals surface area contributed by atoms with E-state index in [9.17, 15) is 0 Å². The molecule has 2 heteroatoms. The van der Waals surface area contributed by atoms with E-state index in [1.807, 2.05) is 0 Å². The second kappa shape index (κ2) is 6.91. The quantitative estimate of drug-likeness (QED) is 0.730. The average Bonchev–Trinajstić information content (AvgIpc) is 2.76. The molecular formula is C16H32N2. The fraction of sp³-hybridized carbons (Fsp3) is 1.00. The number of nitrogens with one attached hydrogen (secondary N) is 1. The van der Waals surface area contributed by atoms with E-state index in [0.29, 0.717) is 5.41 Å². The Kier molecular flexibility index (Phi) is 5.50. The third kappa shape index (κ3) is 3.96. The summed E-state index contributed by atoms with van der Waals surface area (Å²) in [6.45, 7) is 11.2. The van der Waals surface area contributed by atoms with Gasteiger partial charge in [-0.25, -0.2) is 0 Å². The second-order valence-corrected chi connectivity index (χ2v) is 6.87. The van der Waals surface area contributed by atoms with Crippen LogP contribution in [-0.2, 0) is 0 Å². The second-order valence-electron chi connectivity index (χ2n) is 6.87. The van der Waals surface area contributed by atoms with Crippen LogP contribution in [0.15, 0.2) is 0 Å². The summed E-state index contributed by atoms with van der Waals surface area (Å²) in [6.07, 6.45) is 9.96. The van der Waals surface area contributed by atoms with Gasteiger partial charge in [0, 0.05) is 19.6 Å². The Bertz CT molecular complexity index is 233. The zero-order valence-electron chi connectivity index (χ0n) is 12.5. The van der Waals surface area contributed by atoms with E-state index >= 15 is 0 Å². The van der Waals surface area contributed by atoms with Gasteiger partial charge >= 0.3 is 0 Å². The first kappa shape index (κ1) is 14.3. The van der Waals surface area contributed by atoms with Gasteiger partial charge in [0.2, 0.25) is 0 Å². The largest absolute Gasteiger partial charge is 0.316 e. The number of likely N-dealkylation sites (tertiary alicyclic amines) is 1. The molecule has 2 fully saturated rings. The van der Waals surface area contributed by atoms with Gasteiger partial charge in [-0.1, -0.05) is 33.1 Å². The molecule has 1 saturated carbocycles. The van der Waals surface area contributed by atoms with E-state index in [1.165, 1.54) is 77.7 Å². The molecule has 1 saturated heterocycles. The maximum Gasteiger partial charge on any atom is 0.00503 e. The van der Waals surface area contributed by atoms with Crippen LogP contribution in [0.1, 0.15) is 58.8 Å². The van der Waals surface area contributed by atoms with Gasteiger partial charge in [0.1, 0.15) is 0 Å². The van der Waals surface area contributed by atoms with Crippen molar-refractivity contribution in [3.8, 4) is 0 Å². The minimum absolute atomic E-state index is 0.595. The van der Waals surface area contributed by atoms with Gasteiger partial charge in [-0.05, 0) is 50.1 Å². The third-order valence-electron chi connectivity index (χ3n) is 4.91. The van der Waals surface area contributed by atoms with Crippen LogP contribution in [-0.4, -0.2) is 37.6 Å². The molecule has 0 bridgehead atoms. The maximum atomic E-state index is 3.70. The molecule has 1 N–H and O–H groups in total. The van der Waals surface area contributed by atoms with Gasteiger partial charge in [-0.3, -0.25) is 0 Å². The first-order valence-electron chi connectivity index (χ1n) is 8.17. The van der Waals surface area contributed by atoms with Crippen LogP contribution >= 0.6 is 0 Å². The van der Waals surface area contributed by atoms with Crippen molar-refractivity contribution < 1.29 is 0 Å². The summed E-state index contributed by atoms with van der Waals surface area (Å²) >= 11 is 0. The molecule has 106 valence electrons. The summed E-state index contributed by atoms with van der Waals surface area (Å²) in [7, 11) is 0. The fourth-order valence-electron chi connectivity index (χ4n) is 3.87. The molecule has 1 unspecified atom stereocenters. The minimum atomic E-state index is 0.595. The van der Waals surface area contributed by atoms with E-state index in [4.69, 9.17) is 0 Å². The summed E-state index contributed by atoms with van der Waals surface area (Å²) in [5.74, 6) is 0.925. The highest BCUT2D eigenvalue weighted by molar-refractivity contribution is 4.89. The molecule has 0 aromatic heterocycles. The van der Waals surface area contributed by atoms with E-state index < -0.39 is 0 Å². The standard InChI is InChI=1S/C16H32N2/c1-3-10-17-13-16(8-5-4-6-9-16)14-18-11-7-15(2)12-18/h15,17H,3-14H2,1-2H3. The Morgan fingerprint density at radius 3 is 2.61 bits per heavy atom. The van der Waals surface area contributed by atoms with Crippen molar-refractivity contribution in [3.63, 3.8) is 0 Å². The highest BCUT2D eigenvalue weighted by Crippen LogP contribution is 2.37. The lowest BCUT2D eigenvalue weighted by Gasteiger charge is -2.40. The van der Waals surface area contributed by atoms with Crippen LogP contribution in [0.3, 0.4) is 0 Å². The molecule has 1 aliphatic carbocycles. The van der Waals surface area contributed by atoms with Crippen molar-refractivity contribution in [2.24, 2.45) is 11.3 Å². The Balaban J connectivity index is 1.86. The normalized spacial score (nSPS) is 28.7. The number of rotatable bonds is 6. The first-order valence-corrected chi connectivity index (χ1v) is 8.17. The Hall–Kier alpha value is -0.0800. The van der Waals surface area contributed by atoms with Crippen molar-refractivity contribution >= 4 is 0 Å². The van der Waals surface area contributed by atoms with Gasteiger partial charge in [0.15, 0.2) is 0 Å². The zero-order chi connectivity index (χ0) is 12.8. The molecule has 0 aromatic rings. The molecular weight excluding hydrogens is 220 g/mol. The summed E-state index contributed by atoms with van der Waals surface area (Å²) in [5.41, 5.74) is 0.595. The average molecular weight is 252 g/mol. The van der Waals surface area contributed by atoms with Crippen LogP contribution in [0.4, 0.5) is 0 Å². The van der Waals surface area contributed by atoms with Crippen molar-refractivity contribution in [2.45, 2.75) is 58.8 Å². The predicted molar refractivity (Wildman–Crippen MR) is 78.9 cm³/mol. The molecule has 0 radical (unpaired) electrons. The van der Waals surface area contributed by atoms with E-state index in [0.717, 1.165) is 5.92 Å². The van der Waals surface area contributed by atoms with Crippen molar-refractivity contribution in [3.05, 3.63) is 0 Å². The van der Waals surface area contributed by atoms with E-state index in [2.05, 4.69) is 24.1 Å². The van der Waals surface area contributed by atoms with Crippen LogP contribution in [0.2, 0.25) is 0 Å². The lowest BCUT2D eigenvalue weighted by Crippen LogP contribution is -2.45. The van der Waals surface area contributed by atoms with Crippen molar-refractivity contribution in [1.29, 1.82) is 0 Å². The molecule has 0 aromatic carbocycles. The molecule has 1 aliphatic heterocycles. The molecule has 1 heterocycles. The molecule has 2 nitrogen and oxygen atoms in total.